The fraction of sp³-hybridized carbons (Fsp3) is 0.211. The minimum Gasteiger partial charge on any atom is -0.462 e. The van der Waals surface area contributed by atoms with E-state index in [1.807, 2.05) is 6.92 Å². The molecule has 1 N–H and O–H groups in total. The number of amides is 1. The third-order valence-corrected chi connectivity index (χ3v) is 4.01. The fourth-order valence-corrected chi connectivity index (χ4v) is 2.60. The topological polar surface area (TPSA) is 67.8 Å². The van der Waals surface area contributed by atoms with Crippen molar-refractivity contribution in [1.82, 2.24) is 0 Å². The first-order chi connectivity index (χ1) is 12.1. The van der Waals surface area contributed by atoms with Gasteiger partial charge >= 0.3 is 5.97 Å². The van der Waals surface area contributed by atoms with Crippen LogP contribution in [0, 0.1) is 0 Å². The van der Waals surface area contributed by atoms with E-state index in [0.717, 1.165) is 12.8 Å². The first-order valence-corrected chi connectivity index (χ1v) is 8.43. The molecule has 25 heavy (non-hydrogen) atoms. The Bertz CT molecular complexity index is 844. The highest BCUT2D eigenvalue weighted by Crippen LogP contribution is 2.28. The van der Waals surface area contributed by atoms with Crippen molar-refractivity contribution >= 4 is 40.6 Å². The van der Waals surface area contributed by atoms with Crippen LogP contribution in [0.4, 0.5) is 11.4 Å². The number of esters is 1. The molecular formula is C19H17ClN2O3. The number of hydrogen-bond donors (Lipinski definition) is 1. The lowest BCUT2D eigenvalue weighted by molar-refractivity contribution is -0.110. The summed E-state index contributed by atoms with van der Waals surface area (Å²) in [6.07, 6.45) is 1.81. The molecule has 0 bridgehead atoms. The highest BCUT2D eigenvalue weighted by molar-refractivity contribution is 6.54. The molecule has 0 aromatic heterocycles. The molecule has 0 saturated heterocycles. The SMILES string of the molecule is CCCCOC(=O)c1ccc(N=C2C(=O)Nc3ccc(Cl)cc32)cc1. The van der Waals surface area contributed by atoms with E-state index in [1.165, 1.54) is 0 Å². The summed E-state index contributed by atoms with van der Waals surface area (Å²) in [5.74, 6) is -0.635. The predicted molar refractivity (Wildman–Crippen MR) is 97.9 cm³/mol. The third-order valence-electron chi connectivity index (χ3n) is 3.77. The number of halogens is 1. The Labute approximate surface area is 150 Å². The van der Waals surface area contributed by atoms with Crippen LogP contribution in [0.1, 0.15) is 35.7 Å². The maximum atomic E-state index is 12.1. The molecule has 0 aliphatic carbocycles. The van der Waals surface area contributed by atoms with Gasteiger partial charge in [0.1, 0.15) is 5.71 Å². The van der Waals surface area contributed by atoms with Crippen molar-refractivity contribution in [3.8, 4) is 0 Å². The number of anilines is 1. The number of aliphatic imine (C=N–C) groups is 1. The first-order valence-electron chi connectivity index (χ1n) is 8.05. The molecule has 1 heterocycles. The molecule has 0 unspecified atom stereocenters. The lowest BCUT2D eigenvalue weighted by atomic mass is 10.1. The van der Waals surface area contributed by atoms with Crippen molar-refractivity contribution in [2.75, 3.05) is 11.9 Å². The summed E-state index contributed by atoms with van der Waals surface area (Å²) in [5.41, 5.74) is 2.68. The molecule has 2 aromatic carbocycles. The van der Waals surface area contributed by atoms with Crippen molar-refractivity contribution in [3.05, 3.63) is 58.6 Å². The maximum Gasteiger partial charge on any atom is 0.338 e. The lowest BCUT2D eigenvalue weighted by Gasteiger charge is -2.04. The molecular weight excluding hydrogens is 340 g/mol. The van der Waals surface area contributed by atoms with Gasteiger partial charge < -0.3 is 10.1 Å². The Morgan fingerprint density at radius 1 is 1.20 bits per heavy atom. The van der Waals surface area contributed by atoms with E-state index in [9.17, 15) is 9.59 Å². The number of fused-ring (bicyclic) bond motifs is 1. The van der Waals surface area contributed by atoms with E-state index in [0.29, 0.717) is 39.8 Å². The number of unbranched alkanes of at least 4 members (excludes halogenated alkanes) is 1. The molecule has 5 nitrogen and oxygen atoms in total. The summed E-state index contributed by atoms with van der Waals surface area (Å²) >= 11 is 6.00. The zero-order valence-corrected chi connectivity index (χ0v) is 14.5. The molecule has 0 fully saturated rings. The molecule has 128 valence electrons. The Kier molecular flexibility index (Phi) is 5.14. The van der Waals surface area contributed by atoms with Crippen LogP contribution in [-0.2, 0) is 9.53 Å². The highest BCUT2D eigenvalue weighted by Gasteiger charge is 2.26. The molecule has 1 amide bonds. The summed E-state index contributed by atoms with van der Waals surface area (Å²) in [5, 5.41) is 3.29. The lowest BCUT2D eigenvalue weighted by Crippen LogP contribution is -2.13. The summed E-state index contributed by atoms with van der Waals surface area (Å²) in [6, 6.07) is 11.8. The Morgan fingerprint density at radius 2 is 1.96 bits per heavy atom. The summed E-state index contributed by atoms with van der Waals surface area (Å²) in [7, 11) is 0. The molecule has 6 heteroatoms. The smallest absolute Gasteiger partial charge is 0.338 e. The molecule has 0 spiro atoms. The highest BCUT2D eigenvalue weighted by atomic mass is 35.5. The first kappa shape index (κ1) is 17.2. The van der Waals surface area contributed by atoms with Gasteiger partial charge in [-0.05, 0) is 48.9 Å². The molecule has 0 atom stereocenters. The van der Waals surface area contributed by atoms with Crippen LogP contribution >= 0.6 is 11.6 Å². The van der Waals surface area contributed by atoms with Gasteiger partial charge in [-0.1, -0.05) is 24.9 Å². The normalized spacial score (nSPS) is 14.3. The average Bonchev–Trinajstić information content (AvgIpc) is 2.91. The van der Waals surface area contributed by atoms with Gasteiger partial charge in [0.05, 0.1) is 23.5 Å². The van der Waals surface area contributed by atoms with E-state index in [4.69, 9.17) is 16.3 Å². The maximum absolute atomic E-state index is 12.1. The second kappa shape index (κ2) is 7.49. The fourth-order valence-electron chi connectivity index (χ4n) is 2.43. The third kappa shape index (κ3) is 3.88. The van der Waals surface area contributed by atoms with Gasteiger partial charge in [-0.25, -0.2) is 9.79 Å². The number of nitrogens with zero attached hydrogens (tertiary/aromatic N) is 1. The van der Waals surface area contributed by atoms with Crippen LogP contribution in [-0.4, -0.2) is 24.2 Å². The minimum absolute atomic E-state index is 0.277. The summed E-state index contributed by atoms with van der Waals surface area (Å²) in [4.78, 5) is 28.4. The van der Waals surface area contributed by atoms with E-state index in [-0.39, 0.29) is 11.9 Å². The molecule has 0 radical (unpaired) electrons. The van der Waals surface area contributed by atoms with Crippen molar-refractivity contribution < 1.29 is 14.3 Å². The minimum atomic E-state index is -0.358. The summed E-state index contributed by atoms with van der Waals surface area (Å²) < 4.78 is 5.16. The molecule has 1 aliphatic rings. The van der Waals surface area contributed by atoms with Crippen LogP contribution in [0.2, 0.25) is 5.02 Å². The molecule has 1 aliphatic heterocycles. The number of nitrogens with one attached hydrogen (secondary N) is 1. The average molecular weight is 357 g/mol. The van der Waals surface area contributed by atoms with Gasteiger partial charge in [0, 0.05) is 10.6 Å². The number of ether oxygens (including phenoxy) is 1. The molecule has 3 rings (SSSR count). The Morgan fingerprint density at radius 3 is 2.68 bits per heavy atom. The number of carbonyl (C=O) groups is 2. The van der Waals surface area contributed by atoms with Gasteiger partial charge in [-0.15, -0.1) is 0 Å². The monoisotopic (exact) mass is 356 g/mol. The standard InChI is InChI=1S/C19H17ClN2O3/c1-2-3-10-25-19(24)12-4-7-14(8-5-12)21-17-15-11-13(20)6-9-16(15)22-18(17)23/h4-9,11H,2-3,10H2,1H3,(H,21,22,23). The second-order valence-electron chi connectivity index (χ2n) is 5.64. The van der Waals surface area contributed by atoms with Crippen molar-refractivity contribution in [3.63, 3.8) is 0 Å². The molecule has 2 aromatic rings. The van der Waals surface area contributed by atoms with Crippen molar-refractivity contribution in [2.45, 2.75) is 19.8 Å². The van der Waals surface area contributed by atoms with Crippen LogP contribution < -0.4 is 5.32 Å². The number of hydrogen-bond acceptors (Lipinski definition) is 4. The van der Waals surface area contributed by atoms with Gasteiger partial charge in [0.15, 0.2) is 0 Å². The summed E-state index contributed by atoms with van der Waals surface area (Å²) in [6.45, 7) is 2.45. The van der Waals surface area contributed by atoms with E-state index < -0.39 is 0 Å². The van der Waals surface area contributed by atoms with Gasteiger partial charge in [-0.3, -0.25) is 4.79 Å². The molecule has 0 saturated carbocycles. The number of benzene rings is 2. The van der Waals surface area contributed by atoms with Crippen molar-refractivity contribution in [1.29, 1.82) is 0 Å². The van der Waals surface area contributed by atoms with Gasteiger partial charge in [-0.2, -0.15) is 0 Å². The van der Waals surface area contributed by atoms with Gasteiger partial charge in [0.25, 0.3) is 5.91 Å². The number of rotatable bonds is 5. The van der Waals surface area contributed by atoms with E-state index in [1.54, 1.807) is 42.5 Å². The quantitative estimate of drug-likeness (QED) is 0.639. The zero-order chi connectivity index (χ0) is 17.8. The number of carbonyl (C=O) groups excluding carboxylic acids is 2. The van der Waals surface area contributed by atoms with Gasteiger partial charge in [0.2, 0.25) is 0 Å². The zero-order valence-electron chi connectivity index (χ0n) is 13.7. The van der Waals surface area contributed by atoms with Crippen LogP contribution in [0.3, 0.4) is 0 Å². The van der Waals surface area contributed by atoms with Crippen molar-refractivity contribution in [2.24, 2.45) is 4.99 Å². The predicted octanol–water partition coefficient (Wildman–Crippen LogP) is 4.37. The van der Waals surface area contributed by atoms with Crippen LogP contribution in [0.25, 0.3) is 0 Å². The van der Waals surface area contributed by atoms with E-state index in [2.05, 4.69) is 10.3 Å². The Hall–Kier alpha value is -2.66. The Balaban J connectivity index is 1.80. The largest absolute Gasteiger partial charge is 0.462 e. The van der Waals surface area contributed by atoms with E-state index >= 15 is 0 Å². The van der Waals surface area contributed by atoms with Crippen LogP contribution in [0.15, 0.2) is 47.5 Å². The van der Waals surface area contributed by atoms with Crippen LogP contribution in [0.5, 0.6) is 0 Å². The second-order valence-corrected chi connectivity index (χ2v) is 6.08.